The molecule has 0 bridgehead atoms. The summed E-state index contributed by atoms with van der Waals surface area (Å²) in [5.41, 5.74) is 0. The SMILES string of the molecule is CCC.[CH2]C(CC)CCCC. The first-order chi connectivity index (χ1) is 5.22. The molecule has 0 aromatic carbocycles. The van der Waals surface area contributed by atoms with Crippen LogP contribution < -0.4 is 0 Å². The van der Waals surface area contributed by atoms with Crippen LogP contribution in [0, 0.1) is 12.8 Å². The largest absolute Gasteiger partial charge is 0.0656 e. The van der Waals surface area contributed by atoms with Gasteiger partial charge in [0.05, 0.1) is 0 Å². The van der Waals surface area contributed by atoms with Crippen molar-refractivity contribution >= 4 is 0 Å². The summed E-state index contributed by atoms with van der Waals surface area (Å²) < 4.78 is 0. The summed E-state index contributed by atoms with van der Waals surface area (Å²) in [6.45, 7) is 12.7. The van der Waals surface area contributed by atoms with E-state index in [2.05, 4.69) is 34.6 Å². The van der Waals surface area contributed by atoms with E-state index in [1.54, 1.807) is 0 Å². The van der Waals surface area contributed by atoms with Crippen molar-refractivity contribution in [3.63, 3.8) is 0 Å². The van der Waals surface area contributed by atoms with Crippen molar-refractivity contribution in [2.75, 3.05) is 0 Å². The average molecular weight is 157 g/mol. The minimum atomic E-state index is 0.704. The van der Waals surface area contributed by atoms with Crippen LogP contribution in [0.4, 0.5) is 0 Å². The summed E-state index contributed by atoms with van der Waals surface area (Å²) in [4.78, 5) is 0. The average Bonchev–Trinajstić information content (AvgIpc) is 2.02. The molecule has 0 aliphatic heterocycles. The molecule has 0 amide bonds. The van der Waals surface area contributed by atoms with E-state index >= 15 is 0 Å². The van der Waals surface area contributed by atoms with Crippen LogP contribution in [0.25, 0.3) is 0 Å². The second kappa shape index (κ2) is 12.7. The topological polar surface area (TPSA) is 0 Å². The van der Waals surface area contributed by atoms with Crippen LogP contribution >= 0.6 is 0 Å². The van der Waals surface area contributed by atoms with Crippen LogP contribution in [0.3, 0.4) is 0 Å². The zero-order valence-electron chi connectivity index (χ0n) is 8.82. The lowest BCUT2D eigenvalue weighted by molar-refractivity contribution is 0.537. The molecule has 0 N–H and O–H groups in total. The number of hydrogen-bond donors (Lipinski definition) is 0. The van der Waals surface area contributed by atoms with E-state index in [-0.39, 0.29) is 0 Å². The minimum Gasteiger partial charge on any atom is -0.0656 e. The Morgan fingerprint density at radius 1 is 1.09 bits per heavy atom. The number of rotatable bonds is 4. The number of unbranched alkanes of at least 4 members (excludes halogenated alkanes) is 1. The Kier molecular flexibility index (Phi) is 15.6. The fourth-order valence-corrected chi connectivity index (χ4v) is 0.697. The van der Waals surface area contributed by atoms with Crippen LogP contribution in [0.1, 0.15) is 59.8 Å². The molecule has 69 valence electrons. The highest BCUT2D eigenvalue weighted by Crippen LogP contribution is 2.09. The van der Waals surface area contributed by atoms with Crippen molar-refractivity contribution in [2.24, 2.45) is 5.92 Å². The lowest BCUT2D eigenvalue weighted by atomic mass is 10.0. The Balaban J connectivity index is 0. The van der Waals surface area contributed by atoms with E-state index in [1.165, 1.54) is 32.1 Å². The Bertz CT molecular complexity index is 48.0. The molecule has 11 heavy (non-hydrogen) atoms. The summed E-state index contributed by atoms with van der Waals surface area (Å²) in [7, 11) is 0. The van der Waals surface area contributed by atoms with E-state index in [9.17, 15) is 0 Å². The van der Waals surface area contributed by atoms with E-state index in [1.807, 2.05) is 0 Å². The third-order valence-electron chi connectivity index (χ3n) is 1.54. The first kappa shape index (κ1) is 13.6. The molecule has 0 rings (SSSR count). The Morgan fingerprint density at radius 3 is 1.82 bits per heavy atom. The van der Waals surface area contributed by atoms with Crippen molar-refractivity contribution in [1.82, 2.24) is 0 Å². The van der Waals surface area contributed by atoms with E-state index in [4.69, 9.17) is 0 Å². The predicted molar refractivity (Wildman–Crippen MR) is 54.6 cm³/mol. The molecule has 0 heteroatoms. The maximum Gasteiger partial charge on any atom is -0.0417 e. The maximum absolute atomic E-state index is 3.99. The molecule has 0 fully saturated rings. The van der Waals surface area contributed by atoms with Gasteiger partial charge < -0.3 is 0 Å². The lowest BCUT2D eigenvalue weighted by Crippen LogP contribution is -1.90. The summed E-state index contributed by atoms with van der Waals surface area (Å²) >= 11 is 0. The molecule has 0 aromatic heterocycles. The van der Waals surface area contributed by atoms with Crippen molar-refractivity contribution in [2.45, 2.75) is 59.8 Å². The van der Waals surface area contributed by atoms with Gasteiger partial charge in [0, 0.05) is 0 Å². The number of hydrogen-bond acceptors (Lipinski definition) is 0. The fourth-order valence-electron chi connectivity index (χ4n) is 0.697. The van der Waals surface area contributed by atoms with Crippen molar-refractivity contribution in [3.05, 3.63) is 6.92 Å². The zero-order valence-corrected chi connectivity index (χ0v) is 8.82. The molecule has 0 aliphatic carbocycles. The van der Waals surface area contributed by atoms with Gasteiger partial charge in [-0.1, -0.05) is 66.7 Å². The molecule has 1 unspecified atom stereocenters. The molecule has 0 aliphatic rings. The molecule has 0 heterocycles. The second-order valence-corrected chi connectivity index (χ2v) is 3.12. The van der Waals surface area contributed by atoms with Crippen molar-refractivity contribution in [1.29, 1.82) is 0 Å². The lowest BCUT2D eigenvalue weighted by Gasteiger charge is -2.04. The first-order valence-electron chi connectivity index (χ1n) is 5.05. The van der Waals surface area contributed by atoms with E-state index in [0.717, 1.165) is 0 Å². The van der Waals surface area contributed by atoms with Crippen molar-refractivity contribution < 1.29 is 0 Å². The highest BCUT2D eigenvalue weighted by molar-refractivity contribution is 4.57. The van der Waals surface area contributed by atoms with Gasteiger partial charge in [-0.3, -0.25) is 0 Å². The van der Waals surface area contributed by atoms with Gasteiger partial charge in [0.15, 0.2) is 0 Å². The molecule has 0 saturated carbocycles. The Hall–Kier alpha value is 0. The molecule has 0 saturated heterocycles. The summed E-state index contributed by atoms with van der Waals surface area (Å²) in [6.07, 6.45) is 6.46. The predicted octanol–water partition coefficient (Wildman–Crippen LogP) is 4.45. The van der Waals surface area contributed by atoms with Gasteiger partial charge >= 0.3 is 0 Å². The van der Waals surface area contributed by atoms with Crippen LogP contribution in [-0.4, -0.2) is 0 Å². The zero-order chi connectivity index (χ0) is 9.11. The monoisotopic (exact) mass is 157 g/mol. The molecular weight excluding hydrogens is 132 g/mol. The fraction of sp³-hybridized carbons (Fsp3) is 0.909. The highest BCUT2D eigenvalue weighted by Gasteiger charge is 1.94. The van der Waals surface area contributed by atoms with Crippen LogP contribution in [0.2, 0.25) is 0 Å². The van der Waals surface area contributed by atoms with Crippen LogP contribution in [-0.2, 0) is 0 Å². The van der Waals surface area contributed by atoms with Gasteiger partial charge in [0.2, 0.25) is 0 Å². The molecule has 1 atom stereocenters. The smallest absolute Gasteiger partial charge is 0.0417 e. The quantitative estimate of drug-likeness (QED) is 0.565. The second-order valence-electron chi connectivity index (χ2n) is 3.12. The van der Waals surface area contributed by atoms with Gasteiger partial charge in [-0.05, 0) is 5.92 Å². The summed E-state index contributed by atoms with van der Waals surface area (Å²) in [6, 6.07) is 0. The maximum atomic E-state index is 3.99. The molecule has 1 radical (unpaired) electrons. The third-order valence-corrected chi connectivity index (χ3v) is 1.54. The normalized spacial score (nSPS) is 11.7. The molecule has 0 spiro atoms. The van der Waals surface area contributed by atoms with Gasteiger partial charge in [-0.2, -0.15) is 0 Å². The minimum absolute atomic E-state index is 0.704. The molecular formula is C11H25. The van der Waals surface area contributed by atoms with Gasteiger partial charge in [-0.25, -0.2) is 0 Å². The molecule has 0 nitrogen and oxygen atoms in total. The van der Waals surface area contributed by atoms with Crippen molar-refractivity contribution in [3.8, 4) is 0 Å². The standard InChI is InChI=1S/C8H17.C3H8/c1-4-6-7-8(3)5-2;1-3-2/h8H,3-7H2,1-2H3;3H2,1-2H3. The summed E-state index contributed by atoms with van der Waals surface area (Å²) in [5.74, 6) is 0.704. The van der Waals surface area contributed by atoms with E-state index in [0.29, 0.717) is 5.92 Å². The molecule has 0 aromatic rings. The van der Waals surface area contributed by atoms with Gasteiger partial charge in [0.1, 0.15) is 0 Å². The van der Waals surface area contributed by atoms with Gasteiger partial charge in [-0.15, -0.1) is 0 Å². The summed E-state index contributed by atoms with van der Waals surface area (Å²) in [5, 5.41) is 0. The van der Waals surface area contributed by atoms with Gasteiger partial charge in [0.25, 0.3) is 0 Å². The van der Waals surface area contributed by atoms with E-state index < -0.39 is 0 Å². The highest BCUT2D eigenvalue weighted by atomic mass is 14.0. The van der Waals surface area contributed by atoms with Crippen LogP contribution in [0.15, 0.2) is 0 Å². The first-order valence-corrected chi connectivity index (χ1v) is 5.05. The Labute approximate surface area is 73.4 Å². The Morgan fingerprint density at radius 2 is 1.55 bits per heavy atom. The van der Waals surface area contributed by atoms with Crippen LogP contribution in [0.5, 0.6) is 0 Å². The third kappa shape index (κ3) is 17.8.